The Balaban J connectivity index is 1.57. The number of benzene rings is 3. The predicted molar refractivity (Wildman–Crippen MR) is 116 cm³/mol. The normalized spacial score (nSPS) is 11.2. The van der Waals surface area contributed by atoms with Crippen molar-refractivity contribution in [1.29, 1.82) is 0 Å². The van der Waals surface area contributed by atoms with Crippen molar-refractivity contribution in [2.45, 2.75) is 20.5 Å². The summed E-state index contributed by atoms with van der Waals surface area (Å²) in [6.07, 6.45) is 0. The fourth-order valence-corrected chi connectivity index (χ4v) is 3.31. The molecular weight excluding hydrogens is 380 g/mol. The van der Waals surface area contributed by atoms with Crippen LogP contribution in [0, 0.1) is 5.92 Å². The van der Waals surface area contributed by atoms with E-state index in [9.17, 15) is 9.59 Å². The van der Waals surface area contributed by atoms with E-state index in [0.29, 0.717) is 35.0 Å². The van der Waals surface area contributed by atoms with Crippen molar-refractivity contribution in [3.05, 3.63) is 88.3 Å². The molecule has 0 amide bonds. The smallest absolute Gasteiger partial charge is 0.338 e. The quantitative estimate of drug-likeness (QED) is 0.247. The Morgan fingerprint density at radius 2 is 1.77 bits per heavy atom. The van der Waals surface area contributed by atoms with E-state index in [2.05, 4.69) is 13.8 Å². The Kier molecular flexibility index (Phi) is 5.53. The molecule has 0 N–H and O–H groups in total. The standard InChI is InChI=1S/C25H22O5/c1-16(2)14-28-20-10-7-18(8-11-20)25(27)29-15-19-13-23(26)30-22-12-9-17-5-3-4-6-21(17)24(19)22/h3-13,16H,14-15H2,1-2H3. The highest BCUT2D eigenvalue weighted by Crippen LogP contribution is 2.28. The average molecular weight is 402 g/mol. The first-order valence-corrected chi connectivity index (χ1v) is 9.86. The first-order valence-electron chi connectivity index (χ1n) is 9.86. The summed E-state index contributed by atoms with van der Waals surface area (Å²) < 4.78 is 16.5. The lowest BCUT2D eigenvalue weighted by Gasteiger charge is -2.11. The maximum absolute atomic E-state index is 12.5. The number of rotatable bonds is 6. The molecule has 0 fully saturated rings. The zero-order valence-electron chi connectivity index (χ0n) is 16.9. The molecule has 30 heavy (non-hydrogen) atoms. The number of carbonyl (C=O) groups excluding carboxylic acids is 1. The van der Waals surface area contributed by atoms with Crippen LogP contribution >= 0.6 is 0 Å². The van der Waals surface area contributed by atoms with Crippen LogP contribution in [0.25, 0.3) is 21.7 Å². The van der Waals surface area contributed by atoms with Crippen LogP contribution in [0.4, 0.5) is 0 Å². The summed E-state index contributed by atoms with van der Waals surface area (Å²) in [4.78, 5) is 24.5. The molecule has 0 saturated carbocycles. The molecule has 5 heteroatoms. The summed E-state index contributed by atoms with van der Waals surface area (Å²) in [5.74, 6) is 0.662. The summed E-state index contributed by atoms with van der Waals surface area (Å²) in [5.41, 5.74) is 1.03. The molecule has 0 aliphatic heterocycles. The second kappa shape index (κ2) is 8.41. The number of hydrogen-bond donors (Lipinski definition) is 0. The minimum Gasteiger partial charge on any atom is -0.493 e. The molecule has 1 aromatic heterocycles. The van der Waals surface area contributed by atoms with Crippen molar-refractivity contribution >= 4 is 27.7 Å². The van der Waals surface area contributed by atoms with Gasteiger partial charge in [-0.3, -0.25) is 0 Å². The molecule has 3 aromatic carbocycles. The Bertz CT molecular complexity index is 1250. The molecule has 0 aliphatic rings. The van der Waals surface area contributed by atoms with Gasteiger partial charge in [0, 0.05) is 17.0 Å². The summed E-state index contributed by atoms with van der Waals surface area (Å²) in [6.45, 7) is 4.73. The molecule has 0 bridgehead atoms. The van der Waals surface area contributed by atoms with Crippen molar-refractivity contribution in [3.63, 3.8) is 0 Å². The van der Waals surface area contributed by atoms with Crippen molar-refractivity contribution in [1.82, 2.24) is 0 Å². The summed E-state index contributed by atoms with van der Waals surface area (Å²) in [5, 5.41) is 2.73. The van der Waals surface area contributed by atoms with Gasteiger partial charge in [0.2, 0.25) is 0 Å². The van der Waals surface area contributed by atoms with Gasteiger partial charge in [0.25, 0.3) is 0 Å². The van der Waals surface area contributed by atoms with Crippen LogP contribution in [-0.4, -0.2) is 12.6 Å². The van der Waals surface area contributed by atoms with Gasteiger partial charge in [-0.15, -0.1) is 0 Å². The lowest BCUT2D eigenvalue weighted by Crippen LogP contribution is -2.08. The average Bonchev–Trinajstić information content (AvgIpc) is 2.75. The number of esters is 1. The van der Waals surface area contributed by atoms with Gasteiger partial charge in [0.15, 0.2) is 0 Å². The SMILES string of the molecule is CC(C)COc1ccc(C(=O)OCc2cc(=O)oc3ccc4ccccc4c23)cc1. The third kappa shape index (κ3) is 4.20. The van der Waals surface area contributed by atoms with Crippen LogP contribution in [0.3, 0.4) is 0 Å². The lowest BCUT2D eigenvalue weighted by atomic mass is 10.0. The first kappa shape index (κ1) is 19.7. The molecule has 0 aliphatic carbocycles. The van der Waals surface area contributed by atoms with E-state index in [4.69, 9.17) is 13.9 Å². The fraction of sp³-hybridized carbons (Fsp3) is 0.200. The third-order valence-corrected chi connectivity index (χ3v) is 4.75. The summed E-state index contributed by atoms with van der Waals surface area (Å²) >= 11 is 0. The molecule has 0 saturated heterocycles. The highest BCUT2D eigenvalue weighted by atomic mass is 16.5. The molecule has 0 radical (unpaired) electrons. The van der Waals surface area contributed by atoms with Gasteiger partial charge in [-0.1, -0.05) is 44.2 Å². The second-order valence-electron chi connectivity index (χ2n) is 7.56. The van der Waals surface area contributed by atoms with Crippen LogP contribution in [0.5, 0.6) is 5.75 Å². The zero-order chi connectivity index (χ0) is 21.1. The Hall–Kier alpha value is -3.60. The number of hydrogen-bond acceptors (Lipinski definition) is 5. The Morgan fingerprint density at radius 1 is 1.00 bits per heavy atom. The molecule has 0 unspecified atom stereocenters. The van der Waals surface area contributed by atoms with Gasteiger partial charge in [-0.2, -0.15) is 0 Å². The van der Waals surface area contributed by atoms with Crippen molar-refractivity contribution < 1.29 is 18.7 Å². The van der Waals surface area contributed by atoms with Crippen LogP contribution in [0.15, 0.2) is 75.9 Å². The second-order valence-corrected chi connectivity index (χ2v) is 7.56. The largest absolute Gasteiger partial charge is 0.493 e. The lowest BCUT2D eigenvalue weighted by molar-refractivity contribution is 0.0474. The molecule has 152 valence electrons. The van der Waals surface area contributed by atoms with Crippen LogP contribution in [-0.2, 0) is 11.3 Å². The maximum Gasteiger partial charge on any atom is 0.338 e. The highest BCUT2D eigenvalue weighted by molar-refractivity contribution is 6.07. The molecule has 1 heterocycles. The van der Waals surface area contributed by atoms with E-state index >= 15 is 0 Å². The van der Waals surface area contributed by atoms with E-state index < -0.39 is 11.6 Å². The number of fused-ring (bicyclic) bond motifs is 3. The molecule has 0 atom stereocenters. The van der Waals surface area contributed by atoms with E-state index in [-0.39, 0.29) is 6.61 Å². The Morgan fingerprint density at radius 3 is 2.53 bits per heavy atom. The van der Waals surface area contributed by atoms with E-state index in [1.165, 1.54) is 6.07 Å². The fourth-order valence-electron chi connectivity index (χ4n) is 3.31. The van der Waals surface area contributed by atoms with Gasteiger partial charge in [-0.25, -0.2) is 9.59 Å². The molecule has 0 spiro atoms. The van der Waals surface area contributed by atoms with Crippen molar-refractivity contribution in [2.75, 3.05) is 6.61 Å². The molecule has 5 nitrogen and oxygen atoms in total. The first-order chi connectivity index (χ1) is 14.5. The van der Waals surface area contributed by atoms with E-state index in [0.717, 1.165) is 16.2 Å². The minimum absolute atomic E-state index is 0.0272. The van der Waals surface area contributed by atoms with Crippen LogP contribution in [0.1, 0.15) is 29.8 Å². The van der Waals surface area contributed by atoms with Gasteiger partial charge >= 0.3 is 11.6 Å². The predicted octanol–water partition coefficient (Wildman–Crippen LogP) is 5.34. The van der Waals surface area contributed by atoms with E-state index in [1.807, 2.05) is 30.3 Å². The summed E-state index contributed by atoms with van der Waals surface area (Å²) in [7, 11) is 0. The van der Waals surface area contributed by atoms with Crippen molar-refractivity contribution in [2.24, 2.45) is 5.92 Å². The third-order valence-electron chi connectivity index (χ3n) is 4.75. The molecule has 4 rings (SSSR count). The highest BCUT2D eigenvalue weighted by Gasteiger charge is 2.13. The van der Waals surface area contributed by atoms with Gasteiger partial charge < -0.3 is 13.9 Å². The minimum atomic E-state index is -0.476. The van der Waals surface area contributed by atoms with Gasteiger partial charge in [-0.05, 0) is 47.0 Å². The number of ether oxygens (including phenoxy) is 2. The van der Waals surface area contributed by atoms with Crippen molar-refractivity contribution in [3.8, 4) is 5.75 Å². The zero-order valence-corrected chi connectivity index (χ0v) is 16.9. The number of carbonyl (C=O) groups is 1. The summed E-state index contributed by atoms with van der Waals surface area (Å²) in [6, 6.07) is 19.7. The maximum atomic E-state index is 12.5. The van der Waals surface area contributed by atoms with Gasteiger partial charge in [0.1, 0.15) is 17.9 Å². The van der Waals surface area contributed by atoms with E-state index in [1.54, 1.807) is 30.3 Å². The Labute approximate surface area is 173 Å². The van der Waals surface area contributed by atoms with Crippen LogP contribution in [0.2, 0.25) is 0 Å². The monoisotopic (exact) mass is 402 g/mol. The molecular formula is C25H22O5. The molecule has 4 aromatic rings. The topological polar surface area (TPSA) is 65.7 Å². The van der Waals surface area contributed by atoms with Gasteiger partial charge in [0.05, 0.1) is 12.2 Å². The van der Waals surface area contributed by atoms with Crippen LogP contribution < -0.4 is 10.4 Å².